The molecule has 0 bridgehead atoms. The van der Waals surface area contributed by atoms with Gasteiger partial charge >= 0.3 is 0 Å². The van der Waals surface area contributed by atoms with Gasteiger partial charge < -0.3 is 9.84 Å². The van der Waals surface area contributed by atoms with Gasteiger partial charge in [-0.3, -0.25) is 0 Å². The van der Waals surface area contributed by atoms with Crippen LogP contribution in [0.1, 0.15) is 30.9 Å². The maximum atomic E-state index is 13.2. The summed E-state index contributed by atoms with van der Waals surface area (Å²) in [6.45, 7) is 4.56. The van der Waals surface area contributed by atoms with Gasteiger partial charge in [-0.15, -0.1) is 0 Å². The molecular weight excluding hydrogens is 219 g/mol. The zero-order valence-corrected chi connectivity index (χ0v) is 10.4. The molecule has 1 aliphatic heterocycles. The Balaban J connectivity index is 2.12. The number of aryl methyl sites for hydroxylation is 1. The smallest absolute Gasteiger partial charge is 0.123 e. The van der Waals surface area contributed by atoms with Crippen molar-refractivity contribution in [3.8, 4) is 0 Å². The van der Waals surface area contributed by atoms with E-state index in [1.165, 1.54) is 12.1 Å². The molecule has 1 aromatic rings. The van der Waals surface area contributed by atoms with Gasteiger partial charge in [0.05, 0.1) is 11.7 Å². The van der Waals surface area contributed by atoms with Crippen molar-refractivity contribution in [3.63, 3.8) is 0 Å². The number of halogens is 1. The Kier molecular flexibility index (Phi) is 3.50. The molecule has 17 heavy (non-hydrogen) atoms. The van der Waals surface area contributed by atoms with Crippen molar-refractivity contribution in [2.75, 3.05) is 6.61 Å². The van der Waals surface area contributed by atoms with Crippen LogP contribution >= 0.6 is 0 Å². The van der Waals surface area contributed by atoms with E-state index in [1.54, 1.807) is 6.07 Å². The van der Waals surface area contributed by atoms with Gasteiger partial charge in [0.15, 0.2) is 0 Å². The molecule has 3 heteroatoms. The molecule has 0 saturated carbocycles. The third kappa shape index (κ3) is 2.67. The lowest BCUT2D eigenvalue weighted by molar-refractivity contribution is -0.0768. The molecule has 1 fully saturated rings. The highest BCUT2D eigenvalue weighted by Crippen LogP contribution is 2.30. The molecule has 0 aliphatic carbocycles. The Morgan fingerprint density at radius 1 is 1.53 bits per heavy atom. The van der Waals surface area contributed by atoms with Crippen LogP contribution in [0.25, 0.3) is 0 Å². The van der Waals surface area contributed by atoms with Crippen LogP contribution in [0.5, 0.6) is 0 Å². The van der Waals surface area contributed by atoms with Crippen molar-refractivity contribution in [2.45, 2.75) is 44.8 Å². The fourth-order valence-electron chi connectivity index (χ4n) is 2.35. The van der Waals surface area contributed by atoms with Crippen LogP contribution in [0, 0.1) is 12.7 Å². The Bertz CT molecular complexity index is 397. The van der Waals surface area contributed by atoms with E-state index in [0.29, 0.717) is 13.0 Å². The summed E-state index contributed by atoms with van der Waals surface area (Å²) in [6.07, 6.45) is 1.71. The van der Waals surface area contributed by atoms with Crippen molar-refractivity contribution < 1.29 is 14.2 Å². The highest BCUT2D eigenvalue weighted by Gasteiger charge is 2.37. The summed E-state index contributed by atoms with van der Waals surface area (Å²) in [5, 5.41) is 10.2. The van der Waals surface area contributed by atoms with Crippen LogP contribution < -0.4 is 0 Å². The average molecular weight is 238 g/mol. The summed E-state index contributed by atoms with van der Waals surface area (Å²) in [7, 11) is 0. The zero-order chi connectivity index (χ0) is 12.5. The predicted molar refractivity (Wildman–Crippen MR) is 64.4 cm³/mol. The van der Waals surface area contributed by atoms with Crippen LogP contribution in [-0.2, 0) is 11.2 Å². The highest BCUT2D eigenvalue weighted by molar-refractivity contribution is 5.27. The molecule has 2 nitrogen and oxygen atoms in total. The molecule has 1 heterocycles. The van der Waals surface area contributed by atoms with E-state index in [0.717, 1.165) is 24.0 Å². The van der Waals surface area contributed by atoms with Crippen LogP contribution in [0.4, 0.5) is 4.39 Å². The van der Waals surface area contributed by atoms with E-state index in [-0.39, 0.29) is 5.82 Å². The Morgan fingerprint density at radius 2 is 2.29 bits per heavy atom. The molecule has 1 aromatic carbocycles. The maximum Gasteiger partial charge on any atom is 0.123 e. The third-order valence-corrected chi connectivity index (χ3v) is 3.68. The molecule has 2 rings (SSSR count). The molecular formula is C14H19FO2. The van der Waals surface area contributed by atoms with E-state index in [2.05, 4.69) is 0 Å². The van der Waals surface area contributed by atoms with Gasteiger partial charge in [0.2, 0.25) is 0 Å². The van der Waals surface area contributed by atoms with E-state index in [4.69, 9.17) is 4.74 Å². The third-order valence-electron chi connectivity index (χ3n) is 3.68. The first-order chi connectivity index (χ1) is 8.01. The standard InChI is InChI=1S/C14H19FO2/c1-10-4-5-12(15)8-11(10)9-13(16)14(2)6-3-7-17-14/h4-5,8,13,16H,3,6-7,9H2,1-2H3. The maximum absolute atomic E-state index is 13.2. The monoisotopic (exact) mass is 238 g/mol. The van der Waals surface area contributed by atoms with Gasteiger partial charge in [0, 0.05) is 13.0 Å². The summed E-state index contributed by atoms with van der Waals surface area (Å²) < 4.78 is 18.8. The minimum Gasteiger partial charge on any atom is -0.390 e. The van der Waals surface area contributed by atoms with Crippen LogP contribution in [0.2, 0.25) is 0 Å². The van der Waals surface area contributed by atoms with Crippen molar-refractivity contribution in [2.24, 2.45) is 0 Å². The highest BCUT2D eigenvalue weighted by atomic mass is 19.1. The lowest BCUT2D eigenvalue weighted by Gasteiger charge is -2.29. The number of aliphatic hydroxyl groups is 1. The van der Waals surface area contributed by atoms with Crippen molar-refractivity contribution in [3.05, 3.63) is 35.1 Å². The summed E-state index contributed by atoms with van der Waals surface area (Å²) in [4.78, 5) is 0. The molecule has 0 spiro atoms. The number of ether oxygens (including phenoxy) is 1. The second-order valence-corrected chi connectivity index (χ2v) is 5.06. The second-order valence-electron chi connectivity index (χ2n) is 5.06. The minimum atomic E-state index is -0.578. The van der Waals surface area contributed by atoms with Gasteiger partial charge in [0.25, 0.3) is 0 Å². The predicted octanol–water partition coefficient (Wildman–Crippen LogP) is 2.61. The molecule has 1 saturated heterocycles. The first kappa shape index (κ1) is 12.5. The first-order valence-electron chi connectivity index (χ1n) is 6.08. The van der Waals surface area contributed by atoms with Gasteiger partial charge in [-0.1, -0.05) is 6.07 Å². The van der Waals surface area contributed by atoms with Crippen molar-refractivity contribution in [1.82, 2.24) is 0 Å². The quantitative estimate of drug-likeness (QED) is 0.877. The molecule has 2 unspecified atom stereocenters. The summed E-state index contributed by atoms with van der Waals surface area (Å²) in [5.74, 6) is -0.254. The number of hydrogen-bond acceptors (Lipinski definition) is 2. The largest absolute Gasteiger partial charge is 0.390 e. The van der Waals surface area contributed by atoms with E-state index in [1.807, 2.05) is 13.8 Å². The van der Waals surface area contributed by atoms with E-state index in [9.17, 15) is 9.50 Å². The molecule has 2 atom stereocenters. The molecule has 1 N–H and O–H groups in total. The summed E-state index contributed by atoms with van der Waals surface area (Å²) in [5.41, 5.74) is 1.39. The van der Waals surface area contributed by atoms with Crippen molar-refractivity contribution >= 4 is 0 Å². The summed E-state index contributed by atoms with van der Waals surface area (Å²) in [6, 6.07) is 4.69. The van der Waals surface area contributed by atoms with Crippen molar-refractivity contribution in [1.29, 1.82) is 0 Å². The number of rotatable bonds is 3. The Hall–Kier alpha value is -0.930. The van der Waals surface area contributed by atoms with Crippen LogP contribution in [0.3, 0.4) is 0 Å². The SMILES string of the molecule is Cc1ccc(F)cc1CC(O)C1(C)CCCO1. The lowest BCUT2D eigenvalue weighted by Crippen LogP contribution is -2.40. The average Bonchev–Trinajstić information content (AvgIpc) is 2.72. The molecule has 0 radical (unpaired) electrons. The lowest BCUT2D eigenvalue weighted by atomic mass is 9.89. The van der Waals surface area contributed by atoms with Crippen LogP contribution in [-0.4, -0.2) is 23.4 Å². The second kappa shape index (κ2) is 4.75. The normalized spacial score (nSPS) is 26.1. The summed E-state index contributed by atoms with van der Waals surface area (Å²) >= 11 is 0. The Morgan fingerprint density at radius 3 is 2.94 bits per heavy atom. The zero-order valence-electron chi connectivity index (χ0n) is 10.4. The molecule has 1 aliphatic rings. The van der Waals surface area contributed by atoms with E-state index < -0.39 is 11.7 Å². The molecule has 94 valence electrons. The van der Waals surface area contributed by atoms with Gasteiger partial charge in [-0.2, -0.15) is 0 Å². The van der Waals surface area contributed by atoms with Gasteiger partial charge in [0.1, 0.15) is 5.82 Å². The van der Waals surface area contributed by atoms with Crippen LogP contribution in [0.15, 0.2) is 18.2 Å². The van der Waals surface area contributed by atoms with Gasteiger partial charge in [-0.25, -0.2) is 4.39 Å². The first-order valence-corrected chi connectivity index (χ1v) is 6.08. The Labute approximate surface area is 101 Å². The molecule has 0 aromatic heterocycles. The molecule has 0 amide bonds. The fourth-order valence-corrected chi connectivity index (χ4v) is 2.35. The van der Waals surface area contributed by atoms with Gasteiger partial charge in [-0.05, 0) is 49.9 Å². The number of hydrogen-bond donors (Lipinski definition) is 1. The minimum absolute atomic E-state index is 0.254. The van der Waals surface area contributed by atoms with E-state index >= 15 is 0 Å². The topological polar surface area (TPSA) is 29.5 Å². The number of aliphatic hydroxyl groups excluding tert-OH is 1. The number of benzene rings is 1. The fraction of sp³-hybridized carbons (Fsp3) is 0.571.